The number of hydrogen-bond acceptors (Lipinski definition) is 4. The number of hydrogen-bond donors (Lipinski definition) is 2. The number of nitrogens with one attached hydrogen (secondary N) is 2. The van der Waals surface area contributed by atoms with E-state index in [2.05, 4.69) is 53.2 Å². The quantitative estimate of drug-likeness (QED) is 0.618. The molecule has 0 spiro atoms. The second-order valence-electron chi connectivity index (χ2n) is 7.48. The third kappa shape index (κ3) is 5.23. The summed E-state index contributed by atoms with van der Waals surface area (Å²) >= 11 is 0. The highest BCUT2D eigenvalue weighted by Gasteiger charge is 2.21. The smallest absolute Gasteiger partial charge is 0.213 e. The van der Waals surface area contributed by atoms with E-state index in [1.165, 1.54) is 25.9 Å². The van der Waals surface area contributed by atoms with Gasteiger partial charge in [-0.2, -0.15) is 0 Å². The lowest BCUT2D eigenvalue weighted by molar-refractivity contribution is 0.236. The van der Waals surface area contributed by atoms with Crippen molar-refractivity contribution in [2.45, 2.75) is 65.0 Å². The van der Waals surface area contributed by atoms with Crippen LogP contribution in [-0.2, 0) is 12.0 Å². The minimum Gasteiger partial charge on any atom is -0.443 e. The first-order valence-electron chi connectivity index (χ1n) is 9.07. The molecule has 0 saturated carbocycles. The van der Waals surface area contributed by atoms with Crippen molar-refractivity contribution in [1.82, 2.24) is 20.5 Å². The Morgan fingerprint density at radius 1 is 1.33 bits per heavy atom. The Labute approximate surface area is 146 Å². The zero-order valence-corrected chi connectivity index (χ0v) is 15.9. The van der Waals surface area contributed by atoms with Crippen LogP contribution in [0, 0.1) is 0 Å². The third-order valence-corrected chi connectivity index (χ3v) is 4.56. The fourth-order valence-corrected chi connectivity index (χ4v) is 2.97. The van der Waals surface area contributed by atoms with Crippen LogP contribution in [0.3, 0.4) is 0 Å². The van der Waals surface area contributed by atoms with Gasteiger partial charge in [-0.25, -0.2) is 4.98 Å². The van der Waals surface area contributed by atoms with Gasteiger partial charge in [0.05, 0.1) is 12.7 Å². The van der Waals surface area contributed by atoms with Crippen molar-refractivity contribution in [2.75, 3.05) is 26.7 Å². The van der Waals surface area contributed by atoms with Gasteiger partial charge in [0.15, 0.2) is 5.96 Å². The van der Waals surface area contributed by atoms with Crippen LogP contribution in [0.4, 0.5) is 0 Å². The lowest BCUT2D eigenvalue weighted by atomic mass is 9.94. The minimum absolute atomic E-state index is 0.0186. The Kier molecular flexibility index (Phi) is 6.66. The van der Waals surface area contributed by atoms with E-state index in [9.17, 15) is 0 Å². The summed E-state index contributed by atoms with van der Waals surface area (Å²) in [6.07, 6.45) is 5.61. The molecule has 1 unspecified atom stereocenters. The Bertz CT molecular complexity index is 526. The van der Waals surface area contributed by atoms with E-state index in [0.717, 1.165) is 24.7 Å². The average Bonchev–Trinajstić information content (AvgIpc) is 3.21. The standard InChI is InChI=1S/C18H33N5O/c1-6-14(23-9-7-8-10-23)11-21-17(19-5)22-13-16-20-12-15(24-16)18(2,3)4/h12,14H,6-11,13H2,1-5H3,(H2,19,21,22). The molecule has 0 aliphatic carbocycles. The van der Waals surface area contributed by atoms with E-state index >= 15 is 0 Å². The molecule has 6 heteroatoms. The molecule has 1 atom stereocenters. The minimum atomic E-state index is -0.0186. The predicted octanol–water partition coefficient (Wildman–Crippen LogP) is 2.51. The topological polar surface area (TPSA) is 65.7 Å². The van der Waals surface area contributed by atoms with Crippen molar-refractivity contribution in [3.8, 4) is 0 Å². The number of rotatable bonds is 6. The average molecular weight is 335 g/mol. The molecule has 1 aliphatic rings. The zero-order chi connectivity index (χ0) is 17.6. The molecular formula is C18H33N5O. The summed E-state index contributed by atoms with van der Waals surface area (Å²) in [6, 6.07) is 0.570. The van der Waals surface area contributed by atoms with Crippen molar-refractivity contribution in [3.05, 3.63) is 17.8 Å². The fraction of sp³-hybridized carbons (Fsp3) is 0.778. The molecule has 0 bridgehead atoms. The number of oxazole rings is 1. The summed E-state index contributed by atoms with van der Waals surface area (Å²) in [6.45, 7) is 12.5. The van der Waals surface area contributed by atoms with Gasteiger partial charge in [0.1, 0.15) is 5.76 Å². The maximum Gasteiger partial charge on any atom is 0.213 e. The lowest BCUT2D eigenvalue weighted by Crippen LogP contribution is -2.46. The number of nitrogens with zero attached hydrogens (tertiary/aromatic N) is 3. The van der Waals surface area contributed by atoms with Crippen LogP contribution < -0.4 is 10.6 Å². The molecule has 1 fully saturated rings. The first kappa shape index (κ1) is 18.8. The Morgan fingerprint density at radius 3 is 2.58 bits per heavy atom. The van der Waals surface area contributed by atoms with Crippen molar-refractivity contribution < 1.29 is 4.42 Å². The molecule has 0 radical (unpaired) electrons. The molecule has 2 N–H and O–H groups in total. The summed E-state index contributed by atoms with van der Waals surface area (Å²) in [5.41, 5.74) is -0.0186. The highest BCUT2D eigenvalue weighted by Crippen LogP contribution is 2.22. The second kappa shape index (κ2) is 8.51. The van der Waals surface area contributed by atoms with Crippen LogP contribution in [0.25, 0.3) is 0 Å². The predicted molar refractivity (Wildman–Crippen MR) is 98.3 cm³/mol. The van der Waals surface area contributed by atoms with Gasteiger partial charge in [0.2, 0.25) is 5.89 Å². The Balaban J connectivity index is 1.80. The van der Waals surface area contributed by atoms with Gasteiger partial charge >= 0.3 is 0 Å². The van der Waals surface area contributed by atoms with Crippen molar-refractivity contribution >= 4 is 5.96 Å². The van der Waals surface area contributed by atoms with Gasteiger partial charge in [-0.15, -0.1) is 0 Å². The second-order valence-corrected chi connectivity index (χ2v) is 7.48. The molecule has 24 heavy (non-hydrogen) atoms. The van der Waals surface area contributed by atoms with E-state index in [4.69, 9.17) is 4.42 Å². The van der Waals surface area contributed by atoms with E-state index in [0.29, 0.717) is 18.5 Å². The summed E-state index contributed by atoms with van der Waals surface area (Å²) in [5, 5.41) is 6.72. The van der Waals surface area contributed by atoms with Gasteiger partial charge in [0, 0.05) is 25.0 Å². The van der Waals surface area contributed by atoms with Gasteiger partial charge in [-0.3, -0.25) is 9.89 Å². The van der Waals surface area contributed by atoms with Gasteiger partial charge in [0.25, 0.3) is 0 Å². The molecule has 6 nitrogen and oxygen atoms in total. The molecule has 0 aromatic carbocycles. The largest absolute Gasteiger partial charge is 0.443 e. The van der Waals surface area contributed by atoms with E-state index in [1.54, 1.807) is 7.05 Å². The van der Waals surface area contributed by atoms with Crippen LogP contribution >= 0.6 is 0 Å². The summed E-state index contributed by atoms with van der Waals surface area (Å²) in [4.78, 5) is 11.2. The Morgan fingerprint density at radius 2 is 2.04 bits per heavy atom. The first-order chi connectivity index (χ1) is 11.4. The van der Waals surface area contributed by atoms with E-state index in [-0.39, 0.29) is 5.41 Å². The lowest BCUT2D eigenvalue weighted by Gasteiger charge is -2.27. The molecule has 1 aliphatic heterocycles. The Hall–Kier alpha value is -1.56. The van der Waals surface area contributed by atoms with Crippen LogP contribution in [-0.4, -0.2) is 48.6 Å². The molecule has 1 aromatic rings. The van der Waals surface area contributed by atoms with Crippen LogP contribution in [0.2, 0.25) is 0 Å². The number of aromatic nitrogens is 1. The summed E-state index contributed by atoms with van der Waals surface area (Å²) in [7, 11) is 1.79. The van der Waals surface area contributed by atoms with Crippen LogP contribution in [0.5, 0.6) is 0 Å². The highest BCUT2D eigenvalue weighted by molar-refractivity contribution is 5.79. The van der Waals surface area contributed by atoms with Crippen LogP contribution in [0.1, 0.15) is 58.6 Å². The maximum atomic E-state index is 5.81. The normalized spacial score (nSPS) is 18.0. The number of guanidine groups is 1. The molecule has 1 saturated heterocycles. The highest BCUT2D eigenvalue weighted by atomic mass is 16.4. The summed E-state index contributed by atoms with van der Waals surface area (Å²) < 4.78 is 5.81. The van der Waals surface area contributed by atoms with Gasteiger partial charge in [-0.1, -0.05) is 27.7 Å². The van der Waals surface area contributed by atoms with Crippen molar-refractivity contribution in [2.24, 2.45) is 4.99 Å². The molecular weight excluding hydrogens is 302 g/mol. The van der Waals surface area contributed by atoms with Crippen LogP contribution in [0.15, 0.2) is 15.6 Å². The zero-order valence-electron chi connectivity index (χ0n) is 15.9. The monoisotopic (exact) mass is 335 g/mol. The van der Waals surface area contributed by atoms with Gasteiger partial charge < -0.3 is 15.1 Å². The molecule has 1 aromatic heterocycles. The first-order valence-corrected chi connectivity index (χ1v) is 9.07. The number of aliphatic imine (C=N–C) groups is 1. The van der Waals surface area contributed by atoms with Crippen molar-refractivity contribution in [1.29, 1.82) is 0 Å². The number of likely N-dealkylation sites (tertiary alicyclic amines) is 1. The van der Waals surface area contributed by atoms with Gasteiger partial charge in [-0.05, 0) is 32.4 Å². The van der Waals surface area contributed by atoms with Crippen molar-refractivity contribution in [3.63, 3.8) is 0 Å². The van der Waals surface area contributed by atoms with E-state index in [1.807, 2.05) is 6.20 Å². The summed E-state index contributed by atoms with van der Waals surface area (Å²) in [5.74, 6) is 2.39. The third-order valence-electron chi connectivity index (χ3n) is 4.56. The fourth-order valence-electron chi connectivity index (χ4n) is 2.97. The maximum absolute atomic E-state index is 5.81. The molecule has 2 heterocycles. The molecule has 136 valence electrons. The SMILES string of the molecule is CCC(CNC(=NC)NCc1ncc(C(C)(C)C)o1)N1CCCC1. The molecule has 0 amide bonds. The molecule has 2 rings (SSSR count). The van der Waals surface area contributed by atoms with E-state index < -0.39 is 0 Å².